The van der Waals surface area contributed by atoms with Crippen molar-refractivity contribution in [3.8, 4) is 5.69 Å². The van der Waals surface area contributed by atoms with E-state index in [0.29, 0.717) is 0 Å². The van der Waals surface area contributed by atoms with Crippen molar-refractivity contribution in [3.63, 3.8) is 0 Å². The average Bonchev–Trinajstić information content (AvgIpc) is 3.07. The van der Waals surface area contributed by atoms with Crippen molar-refractivity contribution >= 4 is 11.3 Å². The fourth-order valence-corrected chi connectivity index (χ4v) is 3.11. The van der Waals surface area contributed by atoms with E-state index in [1.165, 1.54) is 10.4 Å². The van der Waals surface area contributed by atoms with Gasteiger partial charge in [0.1, 0.15) is 0 Å². The van der Waals surface area contributed by atoms with Crippen LogP contribution in [0, 0.1) is 6.92 Å². The molecule has 1 aromatic carbocycles. The number of nitrogens with two attached hydrogens (primary N) is 1. The lowest BCUT2D eigenvalue weighted by Crippen LogP contribution is -2.16. The Morgan fingerprint density at radius 1 is 1.16 bits per heavy atom. The van der Waals surface area contributed by atoms with Gasteiger partial charge in [-0.05, 0) is 42.1 Å². The van der Waals surface area contributed by atoms with Crippen molar-refractivity contribution in [3.05, 3.63) is 70.2 Å². The number of benzene rings is 1. The zero-order valence-corrected chi connectivity index (χ0v) is 11.5. The van der Waals surface area contributed by atoms with Crippen LogP contribution in [0.3, 0.4) is 0 Å². The second-order valence-corrected chi connectivity index (χ2v) is 5.40. The smallest absolute Gasteiger partial charge is 0.0824 e. The number of aromatic nitrogens is 2. The minimum atomic E-state index is -0.136. The minimum Gasteiger partial charge on any atom is -0.318 e. The van der Waals surface area contributed by atoms with E-state index in [4.69, 9.17) is 5.73 Å². The number of hydrogen-bond acceptors (Lipinski definition) is 3. The van der Waals surface area contributed by atoms with Gasteiger partial charge in [0.2, 0.25) is 0 Å². The lowest BCUT2D eigenvalue weighted by molar-refractivity contribution is 0.745. The molecule has 3 aromatic rings. The molecular formula is C15H15N3S. The Bertz CT molecular complexity index is 670. The number of aryl methyl sites for hydroxylation is 1. The molecule has 2 N–H and O–H groups in total. The van der Waals surface area contributed by atoms with Gasteiger partial charge in [0.15, 0.2) is 0 Å². The fraction of sp³-hybridized carbons (Fsp3) is 0.133. The van der Waals surface area contributed by atoms with Crippen LogP contribution in [0.5, 0.6) is 0 Å². The van der Waals surface area contributed by atoms with Crippen LogP contribution in [0.4, 0.5) is 0 Å². The van der Waals surface area contributed by atoms with Crippen molar-refractivity contribution in [1.29, 1.82) is 0 Å². The molecule has 3 nitrogen and oxygen atoms in total. The molecule has 96 valence electrons. The minimum absolute atomic E-state index is 0.136. The van der Waals surface area contributed by atoms with Crippen molar-refractivity contribution in [1.82, 2.24) is 9.78 Å². The summed E-state index contributed by atoms with van der Waals surface area (Å²) in [4.78, 5) is 1.19. The van der Waals surface area contributed by atoms with E-state index in [1.807, 2.05) is 41.1 Å². The highest BCUT2D eigenvalue weighted by Crippen LogP contribution is 2.28. The molecule has 2 heterocycles. The van der Waals surface area contributed by atoms with Crippen LogP contribution in [0.1, 0.15) is 22.2 Å². The maximum atomic E-state index is 6.39. The first-order chi connectivity index (χ1) is 9.27. The van der Waals surface area contributed by atoms with E-state index in [2.05, 4.69) is 23.5 Å². The molecule has 0 spiro atoms. The maximum absolute atomic E-state index is 6.39. The summed E-state index contributed by atoms with van der Waals surface area (Å²) in [6.07, 6.45) is 1.80. The summed E-state index contributed by atoms with van der Waals surface area (Å²) in [5, 5.41) is 6.47. The van der Waals surface area contributed by atoms with Gasteiger partial charge in [-0.25, -0.2) is 4.68 Å². The van der Waals surface area contributed by atoms with Crippen molar-refractivity contribution in [2.75, 3.05) is 0 Å². The third kappa shape index (κ3) is 2.20. The molecular weight excluding hydrogens is 254 g/mol. The number of para-hydroxylation sites is 1. The molecule has 0 radical (unpaired) electrons. The molecule has 0 aliphatic heterocycles. The molecule has 19 heavy (non-hydrogen) atoms. The summed E-state index contributed by atoms with van der Waals surface area (Å²) in [5.41, 5.74) is 9.67. The van der Waals surface area contributed by atoms with Crippen LogP contribution in [-0.2, 0) is 0 Å². The van der Waals surface area contributed by atoms with Crippen LogP contribution >= 0.6 is 11.3 Å². The molecule has 0 amide bonds. The Kier molecular flexibility index (Phi) is 3.19. The molecule has 0 aliphatic carbocycles. The Morgan fingerprint density at radius 3 is 2.63 bits per heavy atom. The van der Waals surface area contributed by atoms with E-state index in [0.717, 1.165) is 11.4 Å². The molecule has 3 rings (SSSR count). The van der Waals surface area contributed by atoms with E-state index in [-0.39, 0.29) is 6.04 Å². The van der Waals surface area contributed by atoms with Crippen LogP contribution in [0.2, 0.25) is 0 Å². The van der Waals surface area contributed by atoms with Gasteiger partial charge in [0.05, 0.1) is 17.4 Å². The van der Waals surface area contributed by atoms with E-state index < -0.39 is 0 Å². The third-order valence-corrected chi connectivity index (χ3v) is 4.28. The van der Waals surface area contributed by atoms with Gasteiger partial charge in [-0.2, -0.15) is 5.10 Å². The maximum Gasteiger partial charge on any atom is 0.0824 e. The molecule has 0 fully saturated rings. The highest BCUT2D eigenvalue weighted by atomic mass is 32.1. The van der Waals surface area contributed by atoms with Crippen LogP contribution in [0.25, 0.3) is 5.69 Å². The van der Waals surface area contributed by atoms with Crippen molar-refractivity contribution < 1.29 is 0 Å². The first kappa shape index (κ1) is 12.1. The predicted octanol–water partition coefficient (Wildman–Crippen LogP) is 3.29. The first-order valence-corrected chi connectivity index (χ1v) is 7.04. The zero-order chi connectivity index (χ0) is 13.2. The lowest BCUT2D eigenvalue weighted by Gasteiger charge is -2.14. The van der Waals surface area contributed by atoms with Gasteiger partial charge in [0.25, 0.3) is 0 Å². The third-order valence-electron chi connectivity index (χ3n) is 3.18. The Balaban J connectivity index is 2.04. The summed E-state index contributed by atoms with van der Waals surface area (Å²) < 4.78 is 1.91. The lowest BCUT2D eigenvalue weighted by atomic mass is 10.1. The molecule has 0 saturated heterocycles. The topological polar surface area (TPSA) is 43.8 Å². The average molecular weight is 269 g/mol. The summed E-state index contributed by atoms with van der Waals surface area (Å²) in [6, 6.07) is 14.0. The molecule has 1 atom stereocenters. The normalized spacial score (nSPS) is 12.5. The van der Waals surface area contributed by atoms with Gasteiger partial charge >= 0.3 is 0 Å². The van der Waals surface area contributed by atoms with Crippen molar-refractivity contribution in [2.45, 2.75) is 13.0 Å². The summed E-state index contributed by atoms with van der Waals surface area (Å²) >= 11 is 1.69. The molecule has 0 bridgehead atoms. The first-order valence-electron chi connectivity index (χ1n) is 6.16. The summed E-state index contributed by atoms with van der Waals surface area (Å²) in [7, 11) is 0. The standard InChI is InChI=1S/C15H15N3S/c1-11-8-10-19-15(11)14(16)13-7-9-17-18(13)12-5-3-2-4-6-12/h2-10,14H,16H2,1H3. The molecule has 2 aromatic heterocycles. The van der Waals surface area contributed by atoms with E-state index in [9.17, 15) is 0 Å². The zero-order valence-electron chi connectivity index (χ0n) is 10.7. The van der Waals surface area contributed by atoms with Crippen LogP contribution < -0.4 is 5.73 Å². The number of thiophene rings is 1. The monoisotopic (exact) mass is 269 g/mol. The molecule has 0 aliphatic rings. The quantitative estimate of drug-likeness (QED) is 0.793. The van der Waals surface area contributed by atoms with E-state index >= 15 is 0 Å². The summed E-state index contributed by atoms with van der Waals surface area (Å²) in [6.45, 7) is 2.09. The fourth-order valence-electron chi connectivity index (χ4n) is 2.17. The SMILES string of the molecule is Cc1ccsc1C(N)c1ccnn1-c1ccccc1. The second-order valence-electron chi connectivity index (χ2n) is 4.45. The number of hydrogen-bond donors (Lipinski definition) is 1. The van der Waals surface area contributed by atoms with Crippen molar-refractivity contribution in [2.24, 2.45) is 5.73 Å². The molecule has 1 unspecified atom stereocenters. The molecule has 4 heteroatoms. The highest BCUT2D eigenvalue weighted by Gasteiger charge is 2.17. The van der Waals surface area contributed by atoms with Gasteiger partial charge in [0, 0.05) is 11.1 Å². The summed E-state index contributed by atoms with van der Waals surface area (Å²) in [5.74, 6) is 0. The van der Waals surface area contributed by atoms with Gasteiger partial charge in [-0.3, -0.25) is 0 Å². The highest BCUT2D eigenvalue weighted by molar-refractivity contribution is 7.10. The number of rotatable bonds is 3. The second kappa shape index (κ2) is 4.99. The largest absolute Gasteiger partial charge is 0.318 e. The van der Waals surface area contributed by atoms with Gasteiger partial charge < -0.3 is 5.73 Å². The van der Waals surface area contributed by atoms with Crippen LogP contribution in [0.15, 0.2) is 54.0 Å². The van der Waals surface area contributed by atoms with Crippen LogP contribution in [-0.4, -0.2) is 9.78 Å². The Hall–Kier alpha value is -1.91. The number of nitrogens with zero attached hydrogens (tertiary/aromatic N) is 2. The Morgan fingerprint density at radius 2 is 1.95 bits per heavy atom. The molecule has 0 saturated carbocycles. The van der Waals surface area contributed by atoms with Gasteiger partial charge in [-0.15, -0.1) is 11.3 Å². The van der Waals surface area contributed by atoms with Gasteiger partial charge in [-0.1, -0.05) is 18.2 Å². The predicted molar refractivity (Wildman–Crippen MR) is 78.7 cm³/mol. The van der Waals surface area contributed by atoms with E-state index in [1.54, 1.807) is 17.5 Å². The Labute approximate surface area is 116 Å².